The molecule has 3 N–H and O–H groups in total. The van der Waals surface area contributed by atoms with Crippen LogP contribution in [0.5, 0.6) is 0 Å². The molecule has 0 aromatic heterocycles. The normalized spacial score (nSPS) is 19.5. The molecule has 1 aliphatic heterocycles. The SMILES string of the molecule is Cl.N[C@H](Cc1ccccc1)[C@@H](O)CN1CCCCC1. The monoisotopic (exact) mass is 284 g/mol. The van der Waals surface area contributed by atoms with Crippen molar-refractivity contribution < 1.29 is 5.11 Å². The Hall–Kier alpha value is -0.610. The maximum Gasteiger partial charge on any atom is 0.0820 e. The summed E-state index contributed by atoms with van der Waals surface area (Å²) >= 11 is 0. The van der Waals surface area contributed by atoms with Crippen LogP contribution >= 0.6 is 12.4 Å². The molecule has 0 aliphatic carbocycles. The molecule has 4 heteroatoms. The van der Waals surface area contributed by atoms with E-state index in [9.17, 15) is 5.11 Å². The highest BCUT2D eigenvalue weighted by Gasteiger charge is 2.19. The lowest BCUT2D eigenvalue weighted by Crippen LogP contribution is -2.46. The van der Waals surface area contributed by atoms with Gasteiger partial charge in [-0.3, -0.25) is 0 Å². The van der Waals surface area contributed by atoms with E-state index in [0.717, 1.165) is 19.5 Å². The minimum Gasteiger partial charge on any atom is -0.390 e. The quantitative estimate of drug-likeness (QED) is 0.867. The summed E-state index contributed by atoms with van der Waals surface area (Å²) in [6.07, 6.45) is 4.14. The molecule has 0 unspecified atom stereocenters. The molecule has 1 aromatic carbocycles. The zero-order chi connectivity index (χ0) is 12.8. The zero-order valence-corrected chi connectivity index (χ0v) is 12.2. The first-order valence-corrected chi connectivity index (χ1v) is 6.95. The summed E-state index contributed by atoms with van der Waals surface area (Å²) in [5.41, 5.74) is 7.29. The van der Waals surface area contributed by atoms with Crippen LogP contribution in [0.25, 0.3) is 0 Å². The first kappa shape index (κ1) is 16.4. The zero-order valence-electron chi connectivity index (χ0n) is 11.4. The number of hydrogen-bond acceptors (Lipinski definition) is 3. The van der Waals surface area contributed by atoms with Crippen LogP contribution in [-0.2, 0) is 6.42 Å². The maximum absolute atomic E-state index is 10.2. The summed E-state index contributed by atoms with van der Waals surface area (Å²) in [6.45, 7) is 2.93. The number of aliphatic hydroxyl groups is 1. The standard InChI is InChI=1S/C15H24N2O.ClH/c16-14(11-13-7-3-1-4-8-13)15(18)12-17-9-5-2-6-10-17;/h1,3-4,7-8,14-15,18H,2,5-6,9-12,16H2;1H/t14-,15+;/m1./s1. The molecule has 1 aliphatic rings. The van der Waals surface area contributed by atoms with Crippen LogP contribution in [0.3, 0.4) is 0 Å². The van der Waals surface area contributed by atoms with Gasteiger partial charge in [-0.05, 0) is 37.9 Å². The molecule has 1 heterocycles. The van der Waals surface area contributed by atoms with Crippen molar-refractivity contribution in [2.24, 2.45) is 5.73 Å². The van der Waals surface area contributed by atoms with Gasteiger partial charge in [0.15, 0.2) is 0 Å². The van der Waals surface area contributed by atoms with Gasteiger partial charge in [-0.2, -0.15) is 0 Å². The lowest BCUT2D eigenvalue weighted by Gasteiger charge is -2.30. The number of piperidine rings is 1. The van der Waals surface area contributed by atoms with Gasteiger partial charge in [-0.15, -0.1) is 12.4 Å². The van der Waals surface area contributed by atoms with Crippen molar-refractivity contribution >= 4 is 12.4 Å². The summed E-state index contributed by atoms with van der Waals surface area (Å²) in [6, 6.07) is 9.98. The number of β-amino-alcohol motifs (C(OH)–C–C–N with tert-alkyl or cyclic N) is 1. The molecule has 0 spiro atoms. The third-order valence-corrected chi connectivity index (χ3v) is 3.70. The Morgan fingerprint density at radius 2 is 1.74 bits per heavy atom. The number of aliphatic hydroxyl groups excluding tert-OH is 1. The topological polar surface area (TPSA) is 49.5 Å². The highest BCUT2D eigenvalue weighted by atomic mass is 35.5. The first-order valence-electron chi connectivity index (χ1n) is 6.95. The highest BCUT2D eigenvalue weighted by Crippen LogP contribution is 2.11. The van der Waals surface area contributed by atoms with Gasteiger partial charge in [0.05, 0.1) is 6.10 Å². The Morgan fingerprint density at radius 1 is 1.11 bits per heavy atom. The molecule has 0 bridgehead atoms. The lowest BCUT2D eigenvalue weighted by molar-refractivity contribution is 0.0818. The van der Waals surface area contributed by atoms with Gasteiger partial charge in [0.25, 0.3) is 0 Å². The van der Waals surface area contributed by atoms with Crippen LogP contribution in [0.4, 0.5) is 0 Å². The summed E-state index contributed by atoms with van der Waals surface area (Å²) in [5, 5.41) is 10.2. The van der Waals surface area contributed by atoms with E-state index in [0.29, 0.717) is 6.54 Å². The van der Waals surface area contributed by atoms with E-state index in [4.69, 9.17) is 5.73 Å². The second-order valence-electron chi connectivity index (χ2n) is 5.28. The van der Waals surface area contributed by atoms with Crippen molar-refractivity contribution in [1.29, 1.82) is 0 Å². The third kappa shape index (κ3) is 5.49. The molecule has 0 amide bonds. The molecular formula is C15H25ClN2O. The van der Waals surface area contributed by atoms with E-state index in [1.165, 1.54) is 24.8 Å². The van der Waals surface area contributed by atoms with Gasteiger partial charge < -0.3 is 15.7 Å². The molecule has 1 aromatic rings. The second kappa shape index (κ2) is 8.54. The molecule has 2 rings (SSSR count). The molecule has 1 fully saturated rings. The van der Waals surface area contributed by atoms with E-state index in [1.54, 1.807) is 0 Å². The van der Waals surface area contributed by atoms with Gasteiger partial charge in [0.1, 0.15) is 0 Å². The summed E-state index contributed by atoms with van der Waals surface area (Å²) in [5.74, 6) is 0. The Morgan fingerprint density at radius 3 is 2.37 bits per heavy atom. The Bertz CT molecular complexity index is 341. The second-order valence-corrected chi connectivity index (χ2v) is 5.28. The van der Waals surface area contributed by atoms with Gasteiger partial charge in [0.2, 0.25) is 0 Å². The predicted octanol–water partition coefficient (Wildman–Crippen LogP) is 1.82. The van der Waals surface area contributed by atoms with Crippen molar-refractivity contribution in [1.82, 2.24) is 4.90 Å². The molecule has 19 heavy (non-hydrogen) atoms. The van der Waals surface area contributed by atoms with Crippen LogP contribution in [0.2, 0.25) is 0 Å². The molecule has 0 saturated carbocycles. The van der Waals surface area contributed by atoms with Crippen LogP contribution in [0, 0.1) is 0 Å². The van der Waals surface area contributed by atoms with E-state index in [-0.39, 0.29) is 18.4 Å². The summed E-state index contributed by atoms with van der Waals surface area (Å²) in [4.78, 5) is 2.33. The van der Waals surface area contributed by atoms with Crippen molar-refractivity contribution in [3.05, 3.63) is 35.9 Å². The number of nitrogens with zero attached hydrogens (tertiary/aromatic N) is 1. The predicted molar refractivity (Wildman–Crippen MR) is 81.7 cm³/mol. The van der Waals surface area contributed by atoms with Gasteiger partial charge in [0, 0.05) is 12.6 Å². The largest absolute Gasteiger partial charge is 0.390 e. The van der Waals surface area contributed by atoms with Crippen molar-refractivity contribution in [2.75, 3.05) is 19.6 Å². The van der Waals surface area contributed by atoms with Crippen LogP contribution < -0.4 is 5.73 Å². The Balaban J connectivity index is 0.00000180. The van der Waals surface area contributed by atoms with Crippen molar-refractivity contribution in [3.63, 3.8) is 0 Å². The van der Waals surface area contributed by atoms with E-state index >= 15 is 0 Å². The first-order chi connectivity index (χ1) is 8.75. The van der Waals surface area contributed by atoms with Gasteiger partial charge >= 0.3 is 0 Å². The number of rotatable bonds is 5. The number of nitrogens with two attached hydrogens (primary N) is 1. The minimum atomic E-state index is -0.427. The third-order valence-electron chi connectivity index (χ3n) is 3.70. The maximum atomic E-state index is 10.2. The van der Waals surface area contributed by atoms with Crippen LogP contribution in [-0.4, -0.2) is 41.8 Å². The Labute approximate surface area is 122 Å². The molecule has 108 valence electrons. The van der Waals surface area contributed by atoms with Gasteiger partial charge in [-0.25, -0.2) is 0 Å². The Kier molecular flexibility index (Phi) is 7.39. The number of halogens is 1. The fraction of sp³-hybridized carbons (Fsp3) is 0.600. The van der Waals surface area contributed by atoms with E-state index in [2.05, 4.69) is 17.0 Å². The average molecular weight is 285 g/mol. The number of hydrogen-bond donors (Lipinski definition) is 2. The highest BCUT2D eigenvalue weighted by molar-refractivity contribution is 5.85. The molecule has 0 radical (unpaired) electrons. The summed E-state index contributed by atoms with van der Waals surface area (Å²) in [7, 11) is 0. The lowest BCUT2D eigenvalue weighted by atomic mass is 10.0. The van der Waals surface area contributed by atoms with Crippen molar-refractivity contribution in [2.45, 2.75) is 37.8 Å². The summed E-state index contributed by atoms with van der Waals surface area (Å²) < 4.78 is 0. The van der Waals surface area contributed by atoms with Crippen molar-refractivity contribution in [3.8, 4) is 0 Å². The fourth-order valence-corrected chi connectivity index (χ4v) is 2.56. The fourth-order valence-electron chi connectivity index (χ4n) is 2.56. The molecule has 3 nitrogen and oxygen atoms in total. The average Bonchev–Trinajstić information content (AvgIpc) is 2.41. The van der Waals surface area contributed by atoms with E-state index < -0.39 is 6.10 Å². The molecule has 1 saturated heterocycles. The minimum absolute atomic E-state index is 0. The van der Waals surface area contributed by atoms with Crippen LogP contribution in [0.1, 0.15) is 24.8 Å². The number of likely N-dealkylation sites (tertiary alicyclic amines) is 1. The molecular weight excluding hydrogens is 260 g/mol. The van der Waals surface area contributed by atoms with Crippen LogP contribution in [0.15, 0.2) is 30.3 Å². The van der Waals surface area contributed by atoms with E-state index in [1.807, 2.05) is 18.2 Å². The van der Waals surface area contributed by atoms with Gasteiger partial charge in [-0.1, -0.05) is 36.8 Å². The molecule has 2 atom stereocenters. The smallest absolute Gasteiger partial charge is 0.0820 e. The number of benzene rings is 1.